The molecule has 0 spiro atoms. The number of piperazine rings is 1. The summed E-state index contributed by atoms with van der Waals surface area (Å²) in [4.78, 5) is 2.23. The predicted octanol–water partition coefficient (Wildman–Crippen LogP) is 5.36. The second-order valence-electron chi connectivity index (χ2n) is 6.99. The monoisotopic (exact) mass is 414 g/mol. The molecule has 0 radical (unpaired) electrons. The van der Waals surface area contributed by atoms with Crippen molar-refractivity contribution < 1.29 is 13.2 Å². The quantitative estimate of drug-likeness (QED) is 0.712. The molecule has 7 heteroatoms. The first-order valence-electron chi connectivity index (χ1n) is 8.72. The van der Waals surface area contributed by atoms with Gasteiger partial charge in [0.15, 0.2) is 0 Å². The van der Waals surface area contributed by atoms with Crippen LogP contribution in [-0.2, 0) is 0 Å². The van der Waals surface area contributed by atoms with Crippen LogP contribution in [0.3, 0.4) is 0 Å². The number of rotatable bonds is 4. The molecular formula is C19H31Cl2F3N2. The summed E-state index contributed by atoms with van der Waals surface area (Å²) < 4.78 is 38.7. The van der Waals surface area contributed by atoms with Crippen molar-refractivity contribution in [2.45, 2.75) is 59.7 Å². The van der Waals surface area contributed by atoms with Gasteiger partial charge in [0.1, 0.15) is 0 Å². The third-order valence-corrected chi connectivity index (χ3v) is 5.68. The summed E-state index contributed by atoms with van der Waals surface area (Å²) in [6.07, 6.45) is -4.71. The number of halogens is 5. The molecule has 2 nitrogen and oxygen atoms in total. The van der Waals surface area contributed by atoms with Gasteiger partial charge in [0.25, 0.3) is 0 Å². The third-order valence-electron chi connectivity index (χ3n) is 5.68. The highest BCUT2D eigenvalue weighted by molar-refractivity contribution is 5.85. The summed E-state index contributed by atoms with van der Waals surface area (Å²) in [5.41, 5.74) is 7.09. The Kier molecular flexibility index (Phi) is 9.97. The van der Waals surface area contributed by atoms with Crippen LogP contribution in [0.5, 0.6) is 0 Å². The number of alkyl halides is 3. The van der Waals surface area contributed by atoms with Crippen LogP contribution in [0.4, 0.5) is 13.2 Å². The van der Waals surface area contributed by atoms with Crippen molar-refractivity contribution in [1.82, 2.24) is 10.2 Å². The average Bonchev–Trinajstić information content (AvgIpc) is 2.54. The lowest BCUT2D eigenvalue weighted by Gasteiger charge is -2.38. The number of benzene rings is 1. The van der Waals surface area contributed by atoms with Gasteiger partial charge in [-0.05, 0) is 74.4 Å². The fourth-order valence-corrected chi connectivity index (χ4v) is 3.83. The van der Waals surface area contributed by atoms with Gasteiger partial charge in [-0.2, -0.15) is 13.2 Å². The van der Waals surface area contributed by atoms with Crippen molar-refractivity contribution in [3.8, 4) is 0 Å². The van der Waals surface area contributed by atoms with Gasteiger partial charge in [0.2, 0.25) is 0 Å². The average molecular weight is 415 g/mol. The molecule has 26 heavy (non-hydrogen) atoms. The Morgan fingerprint density at radius 1 is 0.846 bits per heavy atom. The molecule has 1 aromatic carbocycles. The lowest BCUT2D eigenvalue weighted by Crippen LogP contribution is -2.45. The molecule has 1 atom stereocenters. The zero-order valence-corrected chi connectivity index (χ0v) is 17.9. The lowest BCUT2D eigenvalue weighted by molar-refractivity contribution is -0.138. The largest absolute Gasteiger partial charge is 0.389 e. The van der Waals surface area contributed by atoms with Crippen molar-refractivity contribution >= 4 is 24.8 Å². The second-order valence-corrected chi connectivity index (χ2v) is 6.99. The van der Waals surface area contributed by atoms with Crippen LogP contribution in [0.1, 0.15) is 52.3 Å². The first kappa shape index (κ1) is 25.5. The Bertz CT molecular complexity index is 568. The van der Waals surface area contributed by atoms with Gasteiger partial charge in [-0.1, -0.05) is 0 Å². The summed E-state index contributed by atoms with van der Waals surface area (Å²) in [6.45, 7) is 13.7. The van der Waals surface area contributed by atoms with Gasteiger partial charge in [-0.15, -0.1) is 24.8 Å². The summed E-state index contributed by atoms with van der Waals surface area (Å²) in [5, 5.41) is 3.29. The molecule has 1 N–H and O–H groups in total. The maximum atomic E-state index is 12.9. The van der Waals surface area contributed by atoms with E-state index in [-0.39, 0.29) is 37.3 Å². The van der Waals surface area contributed by atoms with Crippen molar-refractivity contribution in [3.63, 3.8) is 0 Å². The van der Waals surface area contributed by atoms with Gasteiger partial charge in [0.05, 0.1) is 0 Å². The fourth-order valence-electron chi connectivity index (χ4n) is 3.83. The van der Waals surface area contributed by atoms with Gasteiger partial charge >= 0.3 is 6.18 Å². The Hall–Kier alpha value is -0.490. The van der Waals surface area contributed by atoms with Crippen molar-refractivity contribution in [1.29, 1.82) is 0 Å². The van der Waals surface area contributed by atoms with Crippen LogP contribution in [-0.4, -0.2) is 37.3 Å². The normalized spacial score (nSPS) is 16.6. The van der Waals surface area contributed by atoms with Crippen molar-refractivity contribution in [3.05, 3.63) is 33.4 Å². The van der Waals surface area contributed by atoms with Crippen LogP contribution >= 0.6 is 24.8 Å². The van der Waals surface area contributed by atoms with E-state index < -0.39 is 12.6 Å². The molecule has 1 saturated heterocycles. The molecule has 1 heterocycles. The van der Waals surface area contributed by atoms with E-state index in [1.54, 1.807) is 0 Å². The van der Waals surface area contributed by atoms with Gasteiger partial charge < -0.3 is 5.32 Å². The lowest BCUT2D eigenvalue weighted by atomic mass is 9.84. The number of hydrogen-bond donors (Lipinski definition) is 1. The van der Waals surface area contributed by atoms with Crippen molar-refractivity contribution in [2.24, 2.45) is 0 Å². The Morgan fingerprint density at radius 2 is 1.27 bits per heavy atom. The molecular weight excluding hydrogens is 384 g/mol. The highest BCUT2D eigenvalue weighted by Gasteiger charge is 2.33. The van der Waals surface area contributed by atoms with Crippen molar-refractivity contribution in [2.75, 3.05) is 26.2 Å². The molecule has 1 aliphatic rings. The number of nitrogens with one attached hydrogen (secondary N) is 1. The van der Waals surface area contributed by atoms with E-state index in [1.807, 2.05) is 0 Å². The number of nitrogens with zero attached hydrogens (tertiary/aromatic N) is 1. The highest BCUT2D eigenvalue weighted by atomic mass is 35.5. The van der Waals surface area contributed by atoms with Crippen LogP contribution in [0, 0.1) is 34.6 Å². The minimum absolute atomic E-state index is 0. The Labute approximate surface area is 167 Å². The van der Waals surface area contributed by atoms with E-state index in [0.29, 0.717) is 0 Å². The minimum Gasteiger partial charge on any atom is -0.314 e. The van der Waals surface area contributed by atoms with E-state index in [4.69, 9.17) is 0 Å². The summed E-state index contributed by atoms with van der Waals surface area (Å²) >= 11 is 0. The zero-order chi connectivity index (χ0) is 18.1. The standard InChI is InChI=1S/C19H29F3N2.2ClH/c1-12-13(2)15(4)18(16(5)14(12)3)17(6-7-19(20,21)22)24-10-8-23-9-11-24;;/h17,23H,6-11H2,1-5H3;2*1H/t17-;;/m0../s1. The first-order chi connectivity index (χ1) is 11.1. The van der Waals surface area contributed by atoms with Crippen LogP contribution in [0.2, 0.25) is 0 Å². The molecule has 1 aromatic rings. The Morgan fingerprint density at radius 3 is 1.69 bits per heavy atom. The van der Waals surface area contributed by atoms with E-state index in [0.717, 1.165) is 42.9 Å². The van der Waals surface area contributed by atoms with E-state index in [2.05, 4.69) is 44.8 Å². The SMILES string of the molecule is Cc1c(C)c(C)c([C@H](CCC(F)(F)F)N2CCNCC2)c(C)c1C.Cl.Cl. The van der Waals surface area contributed by atoms with E-state index in [9.17, 15) is 13.2 Å². The molecule has 1 aliphatic heterocycles. The molecule has 0 aliphatic carbocycles. The molecule has 152 valence electrons. The minimum atomic E-state index is -4.11. The third kappa shape index (κ3) is 5.75. The molecule has 0 saturated carbocycles. The first-order valence-corrected chi connectivity index (χ1v) is 8.72. The summed E-state index contributed by atoms with van der Waals surface area (Å²) in [6, 6.07) is -0.160. The summed E-state index contributed by atoms with van der Waals surface area (Å²) in [5.74, 6) is 0. The molecule has 0 bridgehead atoms. The zero-order valence-electron chi connectivity index (χ0n) is 16.2. The maximum Gasteiger partial charge on any atom is 0.389 e. The predicted molar refractivity (Wildman–Crippen MR) is 107 cm³/mol. The summed E-state index contributed by atoms with van der Waals surface area (Å²) in [7, 11) is 0. The smallest absolute Gasteiger partial charge is 0.314 e. The highest BCUT2D eigenvalue weighted by Crippen LogP contribution is 2.38. The molecule has 1 fully saturated rings. The maximum absolute atomic E-state index is 12.9. The van der Waals surface area contributed by atoms with Gasteiger partial charge in [0, 0.05) is 38.6 Å². The molecule has 0 aromatic heterocycles. The Balaban J connectivity index is 0.00000312. The number of hydrogen-bond acceptors (Lipinski definition) is 2. The van der Waals surface area contributed by atoms with Gasteiger partial charge in [-0.25, -0.2) is 0 Å². The molecule has 0 amide bonds. The van der Waals surface area contributed by atoms with Crippen LogP contribution in [0.15, 0.2) is 0 Å². The molecule has 0 unspecified atom stereocenters. The second kappa shape index (κ2) is 10.2. The van der Waals surface area contributed by atoms with Crippen LogP contribution < -0.4 is 5.32 Å². The fraction of sp³-hybridized carbons (Fsp3) is 0.684. The van der Waals surface area contributed by atoms with Crippen LogP contribution in [0.25, 0.3) is 0 Å². The topological polar surface area (TPSA) is 15.3 Å². The van der Waals surface area contributed by atoms with Gasteiger partial charge in [-0.3, -0.25) is 4.90 Å². The van der Waals surface area contributed by atoms with E-state index >= 15 is 0 Å². The van der Waals surface area contributed by atoms with E-state index in [1.165, 1.54) is 16.7 Å². The molecule has 2 rings (SSSR count).